The van der Waals surface area contributed by atoms with Gasteiger partial charge in [0.25, 0.3) is 0 Å². The number of nitrogens with one attached hydrogen (secondary N) is 1. The quantitative estimate of drug-likeness (QED) is 0.454. The topological polar surface area (TPSA) is 150 Å². The van der Waals surface area contributed by atoms with Crippen LogP contribution in [0.3, 0.4) is 0 Å². The number of thiocarbonyl (C=S) groups is 1. The number of rotatable bonds is 7. The molecule has 0 bridgehead atoms. The minimum atomic E-state index is -1.11. The first-order chi connectivity index (χ1) is 11.2. The first kappa shape index (κ1) is 21.3. The predicted molar refractivity (Wildman–Crippen MR) is 90.9 cm³/mol. The Labute approximate surface area is 144 Å². The van der Waals surface area contributed by atoms with Gasteiger partial charge in [0, 0.05) is 13.5 Å². The van der Waals surface area contributed by atoms with Crippen molar-refractivity contribution in [2.45, 2.75) is 19.3 Å². The minimum absolute atomic E-state index is 0.0333. The Hall–Kier alpha value is -2.68. The fraction of sp³-hybridized carbons (Fsp3) is 0.333. The van der Waals surface area contributed by atoms with Gasteiger partial charge in [-0.2, -0.15) is 0 Å². The smallest absolute Gasteiger partial charge is 0.339 e. The Morgan fingerprint density at radius 1 is 1.25 bits per heavy atom. The van der Waals surface area contributed by atoms with Crippen LogP contribution in [0.5, 0.6) is 5.75 Å². The van der Waals surface area contributed by atoms with Crippen molar-refractivity contribution < 1.29 is 29.7 Å². The number of carbonyl (C=O) groups is 3. The summed E-state index contributed by atoms with van der Waals surface area (Å²) < 4.78 is 0. The first-order valence-electron chi connectivity index (χ1n) is 6.92. The molecule has 8 nitrogen and oxygen atoms in total. The molecule has 1 amide bonds. The lowest BCUT2D eigenvalue weighted by Gasteiger charge is -2.10. The number of para-hydroxylation sites is 1. The lowest BCUT2D eigenvalue weighted by Crippen LogP contribution is -2.26. The summed E-state index contributed by atoms with van der Waals surface area (Å²) in [5, 5.41) is 28.4. The van der Waals surface area contributed by atoms with Crippen molar-refractivity contribution in [3.8, 4) is 5.75 Å². The molecule has 0 saturated carbocycles. The zero-order chi connectivity index (χ0) is 18.7. The van der Waals surface area contributed by atoms with Crippen molar-refractivity contribution in [2.75, 3.05) is 7.05 Å². The number of aromatic carboxylic acids is 1. The summed E-state index contributed by atoms with van der Waals surface area (Å²) in [7, 11) is 1.47. The lowest BCUT2D eigenvalue weighted by molar-refractivity contribution is -0.144. The van der Waals surface area contributed by atoms with Gasteiger partial charge in [-0.15, -0.1) is 0 Å². The molecule has 1 aromatic rings. The van der Waals surface area contributed by atoms with E-state index >= 15 is 0 Å². The van der Waals surface area contributed by atoms with E-state index in [1.165, 1.54) is 19.2 Å². The molecular weight excluding hydrogens is 336 g/mol. The van der Waals surface area contributed by atoms with Crippen molar-refractivity contribution in [2.24, 2.45) is 11.7 Å². The van der Waals surface area contributed by atoms with Gasteiger partial charge in [-0.05, 0) is 25.0 Å². The third-order valence-electron chi connectivity index (χ3n) is 2.93. The van der Waals surface area contributed by atoms with Gasteiger partial charge in [-0.25, -0.2) is 4.79 Å². The van der Waals surface area contributed by atoms with E-state index in [4.69, 9.17) is 21.1 Å². The van der Waals surface area contributed by atoms with Gasteiger partial charge in [-0.3, -0.25) is 9.59 Å². The molecule has 0 saturated heterocycles. The summed E-state index contributed by atoms with van der Waals surface area (Å²) in [6, 6.07) is 5.81. The van der Waals surface area contributed by atoms with Crippen LogP contribution in [0.4, 0.5) is 0 Å². The van der Waals surface area contributed by atoms with E-state index in [1.54, 1.807) is 12.1 Å². The number of hydrogen-bond acceptors (Lipinski definition) is 5. The van der Waals surface area contributed by atoms with Gasteiger partial charge in [0.05, 0.1) is 10.9 Å². The van der Waals surface area contributed by atoms with Gasteiger partial charge >= 0.3 is 11.9 Å². The molecule has 0 aromatic heterocycles. The highest BCUT2D eigenvalue weighted by molar-refractivity contribution is 7.80. The number of carbonyl (C=O) groups excluding carboxylic acids is 1. The number of aromatic hydroxyl groups is 1. The van der Waals surface area contributed by atoms with Crippen LogP contribution >= 0.6 is 12.2 Å². The summed E-state index contributed by atoms with van der Waals surface area (Å²) in [5.74, 6) is -3.31. The molecule has 0 heterocycles. The van der Waals surface area contributed by atoms with Gasteiger partial charge in [-0.1, -0.05) is 24.4 Å². The number of nitrogens with two attached hydrogens (primary N) is 1. The maximum absolute atomic E-state index is 10.9. The number of aliphatic carboxylic acids is 1. The van der Waals surface area contributed by atoms with Crippen LogP contribution in [0, 0.1) is 5.92 Å². The molecule has 6 N–H and O–H groups in total. The SMILES string of the molecule is CNC(=O)CC(CCC(N)=S)C(=O)O.O=C(O)c1ccccc1O. The lowest BCUT2D eigenvalue weighted by atomic mass is 9.99. The molecule has 0 aliphatic carbocycles. The zero-order valence-corrected chi connectivity index (χ0v) is 13.9. The summed E-state index contributed by atoms with van der Waals surface area (Å²) in [6.45, 7) is 0. The van der Waals surface area contributed by atoms with Crippen molar-refractivity contribution in [1.82, 2.24) is 5.32 Å². The maximum atomic E-state index is 10.9. The maximum Gasteiger partial charge on any atom is 0.339 e. The molecule has 0 fully saturated rings. The van der Waals surface area contributed by atoms with Gasteiger partial charge in [0.1, 0.15) is 11.3 Å². The second-order valence-electron chi connectivity index (χ2n) is 4.74. The zero-order valence-electron chi connectivity index (χ0n) is 13.1. The highest BCUT2D eigenvalue weighted by atomic mass is 32.1. The molecule has 0 aliphatic rings. The highest BCUT2D eigenvalue weighted by Gasteiger charge is 2.20. The van der Waals surface area contributed by atoms with Crippen LogP contribution in [0.25, 0.3) is 0 Å². The van der Waals surface area contributed by atoms with E-state index in [1.807, 2.05) is 0 Å². The van der Waals surface area contributed by atoms with Gasteiger partial charge < -0.3 is 26.4 Å². The molecule has 1 unspecified atom stereocenters. The predicted octanol–water partition coefficient (Wildman–Crippen LogP) is 0.980. The average molecular weight is 356 g/mol. The van der Waals surface area contributed by atoms with E-state index in [0.29, 0.717) is 12.8 Å². The number of amides is 1. The molecular formula is C15H20N2O6S. The van der Waals surface area contributed by atoms with Crippen molar-refractivity contribution >= 4 is 35.1 Å². The highest BCUT2D eigenvalue weighted by Crippen LogP contribution is 2.14. The fourth-order valence-corrected chi connectivity index (χ4v) is 1.73. The Morgan fingerprint density at radius 3 is 2.21 bits per heavy atom. The number of hydrogen-bond donors (Lipinski definition) is 5. The number of phenols is 1. The monoisotopic (exact) mass is 356 g/mol. The Balaban J connectivity index is 0.000000463. The van der Waals surface area contributed by atoms with Gasteiger partial charge in [0.2, 0.25) is 5.91 Å². The van der Waals surface area contributed by atoms with Crippen LogP contribution in [0.2, 0.25) is 0 Å². The molecule has 9 heteroatoms. The third kappa shape index (κ3) is 8.69. The van der Waals surface area contributed by atoms with Crippen LogP contribution in [-0.4, -0.2) is 45.2 Å². The molecule has 1 rings (SSSR count). The Morgan fingerprint density at radius 2 is 1.83 bits per heavy atom. The first-order valence-corrected chi connectivity index (χ1v) is 7.32. The standard InChI is InChI=1S/C8H14N2O3S.C7H6O3/c1-10-7(11)4-5(8(12)13)2-3-6(9)14;8-6-4-2-1-3-5(6)7(9)10/h5H,2-4H2,1H3,(H2,9,14)(H,10,11)(H,12,13);1-4,8H,(H,9,10). The van der Waals surface area contributed by atoms with Crippen molar-refractivity contribution in [3.63, 3.8) is 0 Å². The normalized spacial score (nSPS) is 10.7. The molecule has 0 spiro atoms. The number of benzene rings is 1. The van der Waals surface area contributed by atoms with Crippen molar-refractivity contribution in [1.29, 1.82) is 0 Å². The van der Waals surface area contributed by atoms with Gasteiger partial charge in [0.15, 0.2) is 0 Å². The van der Waals surface area contributed by atoms with E-state index in [-0.39, 0.29) is 28.6 Å². The van der Waals surface area contributed by atoms with Crippen LogP contribution in [0.15, 0.2) is 24.3 Å². The summed E-state index contributed by atoms with van der Waals surface area (Å²) in [5.41, 5.74) is 5.18. The summed E-state index contributed by atoms with van der Waals surface area (Å²) >= 11 is 4.63. The molecule has 1 atom stereocenters. The molecule has 0 aliphatic heterocycles. The van der Waals surface area contributed by atoms with E-state index in [2.05, 4.69) is 17.5 Å². The van der Waals surface area contributed by atoms with E-state index < -0.39 is 17.9 Å². The average Bonchev–Trinajstić information content (AvgIpc) is 2.51. The second kappa shape index (κ2) is 10.9. The minimum Gasteiger partial charge on any atom is -0.507 e. The molecule has 1 aromatic carbocycles. The number of carboxylic acids is 2. The van der Waals surface area contributed by atoms with E-state index in [9.17, 15) is 14.4 Å². The number of carboxylic acid groups (broad SMARTS) is 2. The largest absolute Gasteiger partial charge is 0.507 e. The fourth-order valence-electron chi connectivity index (χ4n) is 1.61. The third-order valence-corrected chi connectivity index (χ3v) is 3.14. The van der Waals surface area contributed by atoms with E-state index in [0.717, 1.165) is 0 Å². The summed E-state index contributed by atoms with van der Waals surface area (Å²) in [6.07, 6.45) is 0.621. The van der Waals surface area contributed by atoms with Crippen molar-refractivity contribution in [3.05, 3.63) is 29.8 Å². The van der Waals surface area contributed by atoms with Crippen LogP contribution in [-0.2, 0) is 9.59 Å². The summed E-state index contributed by atoms with van der Waals surface area (Å²) in [4.78, 5) is 32.2. The van der Waals surface area contributed by atoms with Crippen LogP contribution in [0.1, 0.15) is 29.6 Å². The molecule has 24 heavy (non-hydrogen) atoms. The Kier molecular flexibility index (Phi) is 9.73. The molecule has 0 radical (unpaired) electrons. The Bertz CT molecular complexity index is 605. The van der Waals surface area contributed by atoms with Crippen LogP contribution < -0.4 is 11.1 Å². The second-order valence-corrected chi connectivity index (χ2v) is 5.26. The molecule has 132 valence electrons.